The maximum atomic E-state index is 11.9. The number of hydrogen-bond donors (Lipinski definition) is 2. The fraction of sp³-hybridized carbons (Fsp3) is 0.250. The molecule has 1 aromatic carbocycles. The molecule has 0 unspecified atom stereocenters. The summed E-state index contributed by atoms with van der Waals surface area (Å²) in [6.45, 7) is 1.72. The molecule has 0 radical (unpaired) electrons. The van der Waals surface area contributed by atoms with E-state index in [0.29, 0.717) is 11.1 Å². The molecule has 0 aliphatic carbocycles. The number of thiocarbonyl (C=S) groups is 1. The fourth-order valence-corrected chi connectivity index (χ4v) is 1.56. The van der Waals surface area contributed by atoms with Gasteiger partial charge in [-0.1, -0.05) is 12.1 Å². The summed E-state index contributed by atoms with van der Waals surface area (Å²) in [5.74, 6) is 4.95. The maximum absolute atomic E-state index is 11.9. The molecule has 0 aliphatic rings. The Morgan fingerprint density at radius 1 is 1.67 bits per heavy atom. The SMILES string of the molecule is C[C@@H](CC(=O)c1cccc(C#N)c1)OC(=S)NN. The number of nitriles is 1. The summed E-state index contributed by atoms with van der Waals surface area (Å²) in [7, 11) is 0. The summed E-state index contributed by atoms with van der Waals surface area (Å²) in [5, 5.41) is 8.79. The van der Waals surface area contributed by atoms with E-state index in [-0.39, 0.29) is 23.5 Å². The number of Topliss-reactive ketones (excluding diaryl/α,β-unsaturated/α-hetero) is 1. The Labute approximate surface area is 111 Å². The molecule has 1 aromatic rings. The van der Waals surface area contributed by atoms with Crippen LogP contribution < -0.4 is 11.3 Å². The predicted molar refractivity (Wildman–Crippen MR) is 70.6 cm³/mol. The van der Waals surface area contributed by atoms with E-state index < -0.39 is 0 Å². The van der Waals surface area contributed by atoms with Gasteiger partial charge in [-0.3, -0.25) is 10.2 Å². The molecule has 0 amide bonds. The lowest BCUT2D eigenvalue weighted by Gasteiger charge is -2.13. The van der Waals surface area contributed by atoms with Crippen LogP contribution in [0.1, 0.15) is 29.3 Å². The molecule has 0 saturated carbocycles. The molecule has 0 aromatic heterocycles. The highest BCUT2D eigenvalue weighted by Crippen LogP contribution is 2.10. The number of ether oxygens (including phenoxy) is 1. The molecular formula is C12H13N3O2S. The van der Waals surface area contributed by atoms with E-state index in [1.807, 2.05) is 6.07 Å². The van der Waals surface area contributed by atoms with E-state index in [1.54, 1.807) is 31.2 Å². The molecule has 3 N–H and O–H groups in total. The monoisotopic (exact) mass is 263 g/mol. The second kappa shape index (κ2) is 6.69. The van der Waals surface area contributed by atoms with E-state index >= 15 is 0 Å². The Balaban J connectivity index is 2.65. The zero-order valence-corrected chi connectivity index (χ0v) is 10.7. The number of hydrogen-bond acceptors (Lipinski definition) is 5. The second-order valence-electron chi connectivity index (χ2n) is 3.68. The van der Waals surface area contributed by atoms with Gasteiger partial charge in [0.05, 0.1) is 11.6 Å². The van der Waals surface area contributed by atoms with Gasteiger partial charge in [0.1, 0.15) is 6.10 Å². The fourth-order valence-electron chi connectivity index (χ4n) is 1.40. The van der Waals surface area contributed by atoms with Crippen LogP contribution in [0, 0.1) is 11.3 Å². The number of nitrogens with two attached hydrogens (primary N) is 1. The predicted octanol–water partition coefficient (Wildman–Crippen LogP) is 1.28. The summed E-state index contributed by atoms with van der Waals surface area (Å²) in [5.41, 5.74) is 3.12. The molecule has 0 fully saturated rings. The van der Waals surface area contributed by atoms with Crippen molar-refractivity contribution in [3.63, 3.8) is 0 Å². The average Bonchev–Trinajstić information content (AvgIpc) is 2.38. The molecule has 1 rings (SSSR count). The van der Waals surface area contributed by atoms with Crippen molar-refractivity contribution in [1.29, 1.82) is 5.26 Å². The largest absolute Gasteiger partial charge is 0.467 e. The van der Waals surface area contributed by atoms with Gasteiger partial charge in [-0.25, -0.2) is 5.84 Å². The van der Waals surface area contributed by atoms with Crippen molar-refractivity contribution < 1.29 is 9.53 Å². The topological polar surface area (TPSA) is 88.1 Å². The Kier molecular flexibility index (Phi) is 5.24. The van der Waals surface area contributed by atoms with E-state index in [4.69, 9.17) is 28.1 Å². The van der Waals surface area contributed by atoms with Gasteiger partial charge in [0.2, 0.25) is 0 Å². The van der Waals surface area contributed by atoms with Gasteiger partial charge in [0.15, 0.2) is 5.78 Å². The van der Waals surface area contributed by atoms with Gasteiger partial charge in [-0.05, 0) is 31.3 Å². The number of carbonyl (C=O) groups is 1. The number of benzene rings is 1. The van der Waals surface area contributed by atoms with E-state index in [1.165, 1.54) is 0 Å². The Morgan fingerprint density at radius 3 is 3.00 bits per heavy atom. The van der Waals surface area contributed by atoms with Gasteiger partial charge in [0.25, 0.3) is 5.17 Å². The van der Waals surface area contributed by atoms with Crippen LogP contribution in [0.2, 0.25) is 0 Å². The lowest BCUT2D eigenvalue weighted by atomic mass is 10.0. The Hall–Kier alpha value is -1.97. The first-order valence-electron chi connectivity index (χ1n) is 5.27. The molecular weight excluding hydrogens is 250 g/mol. The van der Waals surface area contributed by atoms with Crippen LogP contribution >= 0.6 is 12.2 Å². The summed E-state index contributed by atoms with van der Waals surface area (Å²) in [6.07, 6.45) is -0.219. The molecule has 5 nitrogen and oxygen atoms in total. The Morgan fingerprint density at radius 2 is 2.39 bits per heavy atom. The van der Waals surface area contributed by atoms with Crippen LogP contribution in [0.25, 0.3) is 0 Å². The first-order valence-corrected chi connectivity index (χ1v) is 5.68. The second-order valence-corrected chi connectivity index (χ2v) is 4.05. The summed E-state index contributed by atoms with van der Waals surface area (Å²) in [4.78, 5) is 11.9. The molecule has 0 bridgehead atoms. The zero-order chi connectivity index (χ0) is 13.5. The standard InChI is InChI=1S/C12H13N3O2S/c1-8(17-12(18)15-14)5-11(16)10-4-2-3-9(6-10)7-13/h2-4,6,8H,5,14H2,1H3,(H,15,18)/t8-/m0/s1. The van der Waals surface area contributed by atoms with Crippen molar-refractivity contribution in [3.05, 3.63) is 35.4 Å². The molecule has 1 atom stereocenters. The van der Waals surface area contributed by atoms with Crippen molar-refractivity contribution in [2.45, 2.75) is 19.4 Å². The lowest BCUT2D eigenvalue weighted by Crippen LogP contribution is -2.33. The molecule has 0 spiro atoms. The van der Waals surface area contributed by atoms with Crippen LogP contribution in [-0.2, 0) is 4.74 Å². The molecule has 0 heterocycles. The van der Waals surface area contributed by atoms with E-state index in [9.17, 15) is 4.79 Å². The zero-order valence-electron chi connectivity index (χ0n) is 9.84. The number of nitrogens with zero attached hydrogens (tertiary/aromatic N) is 1. The van der Waals surface area contributed by atoms with Gasteiger partial charge < -0.3 is 4.74 Å². The van der Waals surface area contributed by atoms with Crippen molar-refractivity contribution in [2.75, 3.05) is 0 Å². The molecule has 94 valence electrons. The maximum Gasteiger partial charge on any atom is 0.271 e. The number of hydrazine groups is 1. The first kappa shape index (κ1) is 14.1. The van der Waals surface area contributed by atoms with Crippen LogP contribution in [0.4, 0.5) is 0 Å². The van der Waals surface area contributed by atoms with Crippen LogP contribution in [-0.4, -0.2) is 17.1 Å². The van der Waals surface area contributed by atoms with Crippen LogP contribution in [0.5, 0.6) is 0 Å². The summed E-state index contributed by atoms with van der Waals surface area (Å²) in [6, 6.07) is 8.51. The van der Waals surface area contributed by atoms with Crippen molar-refractivity contribution in [2.24, 2.45) is 5.84 Å². The highest BCUT2D eigenvalue weighted by molar-refractivity contribution is 7.80. The lowest BCUT2D eigenvalue weighted by molar-refractivity contribution is 0.0911. The van der Waals surface area contributed by atoms with Crippen LogP contribution in [0.3, 0.4) is 0 Å². The smallest absolute Gasteiger partial charge is 0.271 e. The molecule has 0 saturated heterocycles. The third kappa shape index (κ3) is 4.13. The minimum absolute atomic E-state index is 0.0427. The number of rotatable bonds is 4. The quantitative estimate of drug-likeness (QED) is 0.368. The molecule has 18 heavy (non-hydrogen) atoms. The van der Waals surface area contributed by atoms with Gasteiger partial charge in [0, 0.05) is 12.0 Å². The van der Waals surface area contributed by atoms with Crippen LogP contribution in [0.15, 0.2) is 24.3 Å². The summed E-state index contributed by atoms with van der Waals surface area (Å²) < 4.78 is 5.16. The van der Waals surface area contributed by atoms with E-state index in [0.717, 1.165) is 0 Å². The third-order valence-electron chi connectivity index (χ3n) is 2.21. The average molecular weight is 263 g/mol. The normalized spacial score (nSPS) is 11.2. The number of carbonyl (C=O) groups excluding carboxylic acids is 1. The number of ketones is 1. The highest BCUT2D eigenvalue weighted by Gasteiger charge is 2.13. The third-order valence-corrected chi connectivity index (χ3v) is 2.43. The first-order chi connectivity index (χ1) is 8.56. The Bertz CT molecular complexity index is 496. The molecule has 0 aliphatic heterocycles. The summed E-state index contributed by atoms with van der Waals surface area (Å²) >= 11 is 4.73. The van der Waals surface area contributed by atoms with Gasteiger partial charge in [-0.15, -0.1) is 0 Å². The van der Waals surface area contributed by atoms with Crippen molar-refractivity contribution in [3.8, 4) is 6.07 Å². The van der Waals surface area contributed by atoms with Crippen molar-refractivity contribution >= 4 is 23.2 Å². The van der Waals surface area contributed by atoms with Crippen molar-refractivity contribution in [1.82, 2.24) is 5.43 Å². The van der Waals surface area contributed by atoms with Gasteiger partial charge >= 0.3 is 0 Å². The highest BCUT2D eigenvalue weighted by atomic mass is 32.1. The minimum atomic E-state index is -0.383. The number of nitrogens with one attached hydrogen (secondary N) is 1. The van der Waals surface area contributed by atoms with Gasteiger partial charge in [-0.2, -0.15) is 5.26 Å². The molecule has 6 heteroatoms. The minimum Gasteiger partial charge on any atom is -0.467 e. The van der Waals surface area contributed by atoms with E-state index in [2.05, 4.69) is 5.43 Å².